The Hall–Kier alpha value is -3.97. The average Bonchev–Trinajstić information content (AvgIpc) is 3.57. The Bertz CT molecular complexity index is 1550. The molecule has 2 aliphatic rings. The van der Waals surface area contributed by atoms with Gasteiger partial charge in [0.05, 0.1) is 0 Å². The van der Waals surface area contributed by atoms with Crippen LogP contribution in [0.4, 0.5) is 0 Å². The van der Waals surface area contributed by atoms with E-state index in [4.69, 9.17) is 33.4 Å². The fourth-order valence-corrected chi connectivity index (χ4v) is 5.32. The minimum absolute atomic E-state index is 0. The van der Waals surface area contributed by atoms with E-state index in [2.05, 4.69) is 84.9 Å². The van der Waals surface area contributed by atoms with E-state index in [0.717, 1.165) is 12.8 Å². The van der Waals surface area contributed by atoms with E-state index in [0.29, 0.717) is 10.0 Å². The molecule has 2 aliphatic carbocycles. The van der Waals surface area contributed by atoms with Gasteiger partial charge >= 0.3 is 17.4 Å². The Morgan fingerprint density at radius 3 is 1.23 bits per heavy atom. The largest absolute Gasteiger partial charge is 2.00 e. The van der Waals surface area contributed by atoms with Crippen LogP contribution in [0.15, 0.2) is 133 Å². The van der Waals surface area contributed by atoms with Crippen LogP contribution in [0.25, 0.3) is 22.3 Å². The third-order valence-electron chi connectivity index (χ3n) is 6.85. The molecule has 212 valence electrons. The molecule has 0 amide bonds. The molecule has 0 atom stereocenters. The summed E-state index contributed by atoms with van der Waals surface area (Å²) in [6.07, 6.45) is 2.10. The van der Waals surface area contributed by atoms with Crippen molar-refractivity contribution in [1.29, 1.82) is 0 Å². The molecule has 0 aromatic heterocycles. The zero-order valence-electron chi connectivity index (χ0n) is 23.2. The molecule has 43 heavy (non-hydrogen) atoms. The molecule has 5 heteroatoms. The van der Waals surface area contributed by atoms with Crippen LogP contribution < -0.4 is 0 Å². The molecule has 0 spiro atoms. The minimum Gasteiger partial charge on any atom is -0.508 e. The second-order valence-electron chi connectivity index (χ2n) is 9.75. The van der Waals surface area contributed by atoms with Crippen molar-refractivity contribution in [3.8, 4) is 33.8 Å². The van der Waals surface area contributed by atoms with E-state index in [-0.39, 0.29) is 28.9 Å². The van der Waals surface area contributed by atoms with Crippen molar-refractivity contribution >= 4 is 23.2 Å². The molecule has 2 N–H and O–H groups in total. The molecule has 0 bridgehead atoms. The Balaban J connectivity index is 0.000000134. The fraction of sp³-hybridized carbons (Fsp3) is 0.0526. The van der Waals surface area contributed by atoms with Gasteiger partial charge in [-0.1, -0.05) is 106 Å². The van der Waals surface area contributed by atoms with Crippen LogP contribution in [0.5, 0.6) is 11.5 Å². The monoisotopic (exact) mass is 638 g/mol. The Labute approximate surface area is 274 Å². The van der Waals surface area contributed by atoms with Crippen molar-refractivity contribution in [1.82, 2.24) is 0 Å². The van der Waals surface area contributed by atoms with Gasteiger partial charge in [0.25, 0.3) is 0 Å². The van der Waals surface area contributed by atoms with Crippen molar-refractivity contribution in [3.63, 3.8) is 0 Å². The molecule has 0 unspecified atom stereocenters. The summed E-state index contributed by atoms with van der Waals surface area (Å²) in [7, 11) is 0. The first-order chi connectivity index (χ1) is 20.5. The molecule has 0 saturated heterocycles. The molecule has 0 aliphatic heterocycles. The van der Waals surface area contributed by atoms with Gasteiger partial charge in [-0.25, -0.2) is 0 Å². The summed E-state index contributed by atoms with van der Waals surface area (Å²) in [5, 5.41) is 18.6. The van der Waals surface area contributed by atoms with Gasteiger partial charge in [-0.3, -0.25) is 0 Å². The number of aromatic hydroxyl groups is 2. The first-order valence-corrected chi connectivity index (χ1v) is 14.3. The van der Waals surface area contributed by atoms with E-state index in [1.807, 2.05) is 12.1 Å². The zero-order valence-corrected chi connectivity index (χ0v) is 26.0. The second-order valence-corrected chi connectivity index (χ2v) is 10.6. The van der Waals surface area contributed by atoms with Crippen LogP contribution in [0.2, 0.25) is 10.0 Å². The van der Waals surface area contributed by atoms with Gasteiger partial charge in [0, 0.05) is 10.0 Å². The van der Waals surface area contributed by atoms with Gasteiger partial charge in [0.1, 0.15) is 11.5 Å². The molecule has 2 nitrogen and oxygen atoms in total. The quantitative estimate of drug-likeness (QED) is 0.162. The number of fused-ring (bicyclic) bond motifs is 6. The number of rotatable bonds is 0. The molecule has 0 heterocycles. The first-order valence-electron chi connectivity index (χ1n) is 13.5. The number of phenols is 2. The number of hydrogen-bond acceptors (Lipinski definition) is 2. The molecule has 0 fully saturated rings. The summed E-state index contributed by atoms with van der Waals surface area (Å²) < 4.78 is 0. The van der Waals surface area contributed by atoms with Crippen molar-refractivity contribution in [2.75, 3.05) is 0 Å². The topological polar surface area (TPSA) is 40.5 Å². The molecular weight excluding hydrogens is 611 g/mol. The van der Waals surface area contributed by atoms with Crippen LogP contribution in [-0.4, -0.2) is 10.2 Å². The Kier molecular flexibility index (Phi) is 11.5. The predicted octanol–water partition coefficient (Wildman–Crippen LogP) is 10.2. The van der Waals surface area contributed by atoms with Crippen LogP contribution in [0, 0.1) is 12.1 Å². The summed E-state index contributed by atoms with van der Waals surface area (Å²) in [6.45, 7) is 0. The van der Waals surface area contributed by atoms with E-state index >= 15 is 0 Å². The molecule has 6 aromatic carbocycles. The van der Waals surface area contributed by atoms with Gasteiger partial charge < -0.3 is 10.2 Å². The summed E-state index contributed by atoms with van der Waals surface area (Å²) in [5.74, 6) is 0.412. The van der Waals surface area contributed by atoms with E-state index < -0.39 is 0 Å². The van der Waals surface area contributed by atoms with Gasteiger partial charge in [0.2, 0.25) is 0 Å². The van der Waals surface area contributed by atoms with Crippen LogP contribution in [0.1, 0.15) is 22.3 Å². The maximum Gasteiger partial charge on any atom is 2.00 e. The van der Waals surface area contributed by atoms with Crippen molar-refractivity contribution < 1.29 is 27.6 Å². The molecule has 0 saturated carbocycles. The fourth-order valence-electron chi connectivity index (χ4n) is 4.95. The van der Waals surface area contributed by atoms with Crippen LogP contribution in [-0.2, 0) is 30.2 Å². The van der Waals surface area contributed by atoms with Gasteiger partial charge in [-0.05, 0) is 49.2 Å². The number of phenolic OH excluding ortho intramolecular Hbond substituents is 2. The molecular formula is C38H28Cl2CrO2. The minimum atomic E-state index is 0. The molecule has 8 rings (SSSR count). The Morgan fingerprint density at radius 2 is 0.860 bits per heavy atom. The van der Waals surface area contributed by atoms with E-state index in [1.54, 1.807) is 36.4 Å². The van der Waals surface area contributed by atoms with Gasteiger partial charge in [-0.2, -0.15) is 59.7 Å². The number of halogens is 2. The Morgan fingerprint density at radius 1 is 0.465 bits per heavy atom. The van der Waals surface area contributed by atoms with Crippen molar-refractivity contribution in [2.24, 2.45) is 0 Å². The molecule has 6 aromatic rings. The first kappa shape index (κ1) is 32.0. The van der Waals surface area contributed by atoms with Gasteiger partial charge in [-0.15, -0.1) is 11.1 Å². The standard InChI is InChI=1S/2C13H9.2C6H5ClO.Cr/c2*1-3-7-12-10(5-1)9-11-6-2-4-8-13(11)12;2*7-5-2-1-3-6(8)4-5;/h2*1-5,7-8H,9H2;2*1-4,8H;/q2*-1;;;+2. The van der Waals surface area contributed by atoms with Crippen molar-refractivity contribution in [2.45, 2.75) is 12.8 Å². The van der Waals surface area contributed by atoms with Crippen molar-refractivity contribution in [3.05, 3.63) is 178 Å². The third-order valence-corrected chi connectivity index (χ3v) is 7.32. The normalized spacial score (nSPS) is 10.8. The smallest absolute Gasteiger partial charge is 0.508 e. The second kappa shape index (κ2) is 15.5. The average molecular weight is 640 g/mol. The van der Waals surface area contributed by atoms with E-state index in [9.17, 15) is 0 Å². The van der Waals surface area contributed by atoms with Gasteiger partial charge in [0.15, 0.2) is 0 Å². The third kappa shape index (κ3) is 8.54. The van der Waals surface area contributed by atoms with Crippen LogP contribution in [0.3, 0.4) is 0 Å². The summed E-state index contributed by atoms with van der Waals surface area (Å²) in [5.41, 5.74) is 11.0. The van der Waals surface area contributed by atoms with E-state index in [1.165, 1.54) is 56.6 Å². The maximum absolute atomic E-state index is 8.73. The van der Waals surface area contributed by atoms with Crippen LogP contribution >= 0.6 is 23.2 Å². The maximum atomic E-state index is 8.73. The predicted molar refractivity (Wildman–Crippen MR) is 173 cm³/mol. The zero-order chi connectivity index (χ0) is 29.3. The summed E-state index contributed by atoms with van der Waals surface area (Å²) in [6, 6.07) is 49.1. The molecule has 0 radical (unpaired) electrons. The number of hydrogen-bond donors (Lipinski definition) is 2. The number of benzene rings is 6. The summed E-state index contributed by atoms with van der Waals surface area (Å²) >= 11 is 11.0. The SMILES string of the molecule is Oc1cccc(Cl)c1.Oc1cccc(Cl)c1.[Cr+2].[c-]1cccc2c1Cc1ccccc1-2.[c-]1cccc2c1Cc1ccccc1-2. The summed E-state index contributed by atoms with van der Waals surface area (Å²) in [4.78, 5) is 0.